The number of nitrogens with zero attached hydrogens (tertiary/aromatic N) is 4. The third-order valence-corrected chi connectivity index (χ3v) is 6.79. The van der Waals surface area contributed by atoms with Gasteiger partial charge in [-0.3, -0.25) is 24.0 Å². The van der Waals surface area contributed by atoms with Gasteiger partial charge in [0.25, 0.3) is 11.2 Å². The van der Waals surface area contributed by atoms with E-state index >= 15 is 0 Å². The van der Waals surface area contributed by atoms with Crippen LogP contribution in [0.1, 0.15) is 17.4 Å². The molecule has 0 spiro atoms. The number of nitrogens with one attached hydrogen (secondary N) is 1. The molecule has 1 N–H and O–H groups in total. The maximum absolute atomic E-state index is 13.5. The summed E-state index contributed by atoms with van der Waals surface area (Å²) in [5.41, 5.74) is 3.07. The Labute approximate surface area is 197 Å². The first kappa shape index (κ1) is 21.1. The zero-order valence-corrected chi connectivity index (χ0v) is 19.0. The van der Waals surface area contributed by atoms with Crippen molar-refractivity contribution in [1.82, 2.24) is 18.7 Å². The van der Waals surface area contributed by atoms with Crippen LogP contribution < -0.4 is 11.2 Å². The van der Waals surface area contributed by atoms with Gasteiger partial charge in [0.05, 0.1) is 33.8 Å². The van der Waals surface area contributed by atoms with Gasteiger partial charge in [-0.1, -0.05) is 30.3 Å². The number of ether oxygens (including phenoxy) is 1. The number of nitro benzene ring substituents is 1. The lowest BCUT2D eigenvalue weighted by Crippen LogP contribution is -2.37. The predicted molar refractivity (Wildman–Crippen MR) is 131 cm³/mol. The molecule has 0 fully saturated rings. The number of H-pyrrole nitrogens is 1. The molecule has 5 aromatic rings. The molecule has 3 aromatic heterocycles. The van der Waals surface area contributed by atoms with Crippen molar-refractivity contribution in [3.8, 4) is 11.3 Å². The molecular weight excluding hydrogens is 450 g/mol. The largest absolute Gasteiger partial charge is 0.365 e. The summed E-state index contributed by atoms with van der Waals surface area (Å²) in [5, 5.41) is 12.8. The number of aromatic nitrogens is 4. The average molecular weight is 471 g/mol. The van der Waals surface area contributed by atoms with Gasteiger partial charge < -0.3 is 14.3 Å². The SMILES string of the molecule is Cn1c(=O)c2c(-c3cccc([N+](=O)[O-])c3)n3c(c2n(C)c1=O)[C@H](c1c[nH]c2ccccc12)OCC3. The smallest absolute Gasteiger partial charge is 0.331 e. The van der Waals surface area contributed by atoms with Crippen molar-refractivity contribution in [2.45, 2.75) is 12.6 Å². The Hall–Kier alpha value is -4.44. The van der Waals surface area contributed by atoms with E-state index in [-0.39, 0.29) is 5.69 Å². The van der Waals surface area contributed by atoms with Crippen LogP contribution in [0.15, 0.2) is 64.3 Å². The van der Waals surface area contributed by atoms with Crippen LogP contribution in [-0.4, -0.2) is 30.2 Å². The number of hydrogen-bond acceptors (Lipinski definition) is 5. The fourth-order valence-electron chi connectivity index (χ4n) is 5.19. The normalized spacial score (nSPS) is 15.5. The fourth-order valence-corrected chi connectivity index (χ4v) is 5.19. The predicted octanol–water partition coefficient (Wildman–Crippen LogP) is 3.21. The van der Waals surface area contributed by atoms with Gasteiger partial charge in [0.15, 0.2) is 0 Å². The number of nitro groups is 1. The number of rotatable bonds is 3. The van der Waals surface area contributed by atoms with E-state index in [1.54, 1.807) is 19.2 Å². The van der Waals surface area contributed by atoms with Crippen molar-refractivity contribution in [1.29, 1.82) is 0 Å². The van der Waals surface area contributed by atoms with Gasteiger partial charge in [-0.25, -0.2) is 4.79 Å². The van der Waals surface area contributed by atoms with Gasteiger partial charge in [-0.15, -0.1) is 0 Å². The topological polar surface area (TPSA) is 117 Å². The summed E-state index contributed by atoms with van der Waals surface area (Å²) in [6.45, 7) is 0.798. The summed E-state index contributed by atoms with van der Waals surface area (Å²) in [5.74, 6) is 0. The van der Waals surface area contributed by atoms with Gasteiger partial charge in [0.2, 0.25) is 0 Å². The molecular formula is C25H21N5O5. The lowest BCUT2D eigenvalue weighted by atomic mass is 10.0. The number of non-ortho nitro benzene ring substituents is 1. The van der Waals surface area contributed by atoms with Crippen molar-refractivity contribution in [3.63, 3.8) is 0 Å². The van der Waals surface area contributed by atoms with Crippen LogP contribution in [0, 0.1) is 10.1 Å². The molecule has 176 valence electrons. The quantitative estimate of drug-likeness (QED) is 0.320. The number of aromatic amines is 1. The zero-order chi connectivity index (χ0) is 24.4. The molecule has 10 nitrogen and oxygen atoms in total. The fraction of sp³-hybridized carbons (Fsp3) is 0.200. The lowest BCUT2D eigenvalue weighted by Gasteiger charge is -2.27. The Kier molecular flexibility index (Phi) is 4.55. The Balaban J connectivity index is 1.76. The second-order valence-corrected chi connectivity index (χ2v) is 8.66. The van der Waals surface area contributed by atoms with E-state index in [0.717, 1.165) is 21.0 Å². The van der Waals surface area contributed by atoms with E-state index in [2.05, 4.69) is 4.98 Å². The van der Waals surface area contributed by atoms with E-state index in [4.69, 9.17) is 4.74 Å². The molecule has 1 atom stereocenters. The molecule has 0 unspecified atom stereocenters. The Bertz CT molecular complexity index is 1790. The molecule has 0 bridgehead atoms. The molecule has 1 aliphatic heterocycles. The van der Waals surface area contributed by atoms with E-state index in [0.29, 0.717) is 41.0 Å². The third-order valence-electron chi connectivity index (χ3n) is 6.79. The van der Waals surface area contributed by atoms with Crippen molar-refractivity contribution in [2.24, 2.45) is 14.1 Å². The highest BCUT2D eigenvalue weighted by molar-refractivity contribution is 5.97. The zero-order valence-electron chi connectivity index (χ0n) is 19.0. The first-order valence-electron chi connectivity index (χ1n) is 11.1. The molecule has 0 saturated heterocycles. The van der Waals surface area contributed by atoms with Gasteiger partial charge in [0.1, 0.15) is 6.10 Å². The highest BCUT2D eigenvalue weighted by Crippen LogP contribution is 2.42. The molecule has 0 aliphatic carbocycles. The molecule has 0 amide bonds. The maximum Gasteiger partial charge on any atom is 0.331 e. The molecule has 35 heavy (non-hydrogen) atoms. The monoisotopic (exact) mass is 471 g/mol. The van der Waals surface area contributed by atoms with Crippen LogP contribution in [0.4, 0.5) is 5.69 Å². The highest BCUT2D eigenvalue weighted by atomic mass is 16.6. The molecule has 0 radical (unpaired) electrons. The molecule has 4 heterocycles. The molecule has 10 heteroatoms. The van der Waals surface area contributed by atoms with Crippen LogP contribution in [0.3, 0.4) is 0 Å². The van der Waals surface area contributed by atoms with Gasteiger partial charge >= 0.3 is 5.69 Å². The van der Waals surface area contributed by atoms with Crippen molar-refractivity contribution < 1.29 is 9.66 Å². The Morgan fingerprint density at radius 3 is 2.69 bits per heavy atom. The number of aryl methyl sites for hydroxylation is 1. The lowest BCUT2D eigenvalue weighted by molar-refractivity contribution is -0.384. The number of benzene rings is 2. The number of fused-ring (bicyclic) bond motifs is 4. The molecule has 2 aromatic carbocycles. The van der Waals surface area contributed by atoms with Gasteiger partial charge in [-0.05, 0) is 6.07 Å². The van der Waals surface area contributed by atoms with Crippen LogP contribution in [0.2, 0.25) is 0 Å². The summed E-state index contributed by atoms with van der Waals surface area (Å²) in [4.78, 5) is 40.8. The van der Waals surface area contributed by atoms with E-state index in [1.165, 1.54) is 23.7 Å². The van der Waals surface area contributed by atoms with Gasteiger partial charge in [0, 0.05) is 61.0 Å². The molecule has 1 aliphatic rings. The summed E-state index contributed by atoms with van der Waals surface area (Å²) in [6, 6.07) is 14.1. The number of para-hydroxylation sites is 1. The summed E-state index contributed by atoms with van der Waals surface area (Å²) < 4.78 is 10.8. The average Bonchev–Trinajstić information content (AvgIpc) is 3.46. The maximum atomic E-state index is 13.5. The molecule has 6 rings (SSSR count). The van der Waals surface area contributed by atoms with Crippen molar-refractivity contribution >= 4 is 27.5 Å². The Morgan fingerprint density at radius 1 is 1.09 bits per heavy atom. The summed E-state index contributed by atoms with van der Waals surface area (Å²) >= 11 is 0. The summed E-state index contributed by atoms with van der Waals surface area (Å²) in [6.07, 6.45) is 1.34. The second-order valence-electron chi connectivity index (χ2n) is 8.66. The van der Waals surface area contributed by atoms with Crippen LogP contribution in [0.5, 0.6) is 0 Å². The van der Waals surface area contributed by atoms with Crippen LogP contribution in [0.25, 0.3) is 33.1 Å². The molecule has 0 saturated carbocycles. The van der Waals surface area contributed by atoms with Crippen molar-refractivity contribution in [2.75, 3.05) is 6.61 Å². The standard InChI is InChI=1S/C25H21N5O5/c1-27-21-19(24(31)28(2)25(27)32)20(14-6-5-7-15(12-14)30(33)34)29-10-11-35-23(22(21)29)17-13-26-18-9-4-3-8-16(17)18/h3-9,12-13,23,26H,10-11H2,1-2H3/t23-/m0/s1. The van der Waals surface area contributed by atoms with E-state index < -0.39 is 22.3 Å². The van der Waals surface area contributed by atoms with Gasteiger partial charge in [-0.2, -0.15) is 0 Å². The summed E-state index contributed by atoms with van der Waals surface area (Å²) in [7, 11) is 3.06. The first-order valence-corrected chi connectivity index (χ1v) is 11.1. The van der Waals surface area contributed by atoms with E-state index in [1.807, 2.05) is 35.0 Å². The van der Waals surface area contributed by atoms with E-state index in [9.17, 15) is 19.7 Å². The van der Waals surface area contributed by atoms with Crippen LogP contribution >= 0.6 is 0 Å². The van der Waals surface area contributed by atoms with Crippen molar-refractivity contribution in [3.05, 3.63) is 96.9 Å². The minimum Gasteiger partial charge on any atom is -0.365 e. The Morgan fingerprint density at radius 2 is 1.89 bits per heavy atom. The first-order chi connectivity index (χ1) is 16.9. The minimum atomic E-state index is -0.549. The highest BCUT2D eigenvalue weighted by Gasteiger charge is 2.34. The minimum absolute atomic E-state index is 0.0758. The second kappa shape index (κ2) is 7.54. The number of hydrogen-bond donors (Lipinski definition) is 1. The van der Waals surface area contributed by atoms with Crippen LogP contribution in [-0.2, 0) is 25.4 Å². The third kappa shape index (κ3) is 2.93.